The minimum atomic E-state index is 0.366. The van der Waals surface area contributed by atoms with E-state index in [-0.39, 0.29) is 0 Å². The van der Waals surface area contributed by atoms with Crippen molar-refractivity contribution in [1.29, 1.82) is 0 Å². The lowest BCUT2D eigenvalue weighted by molar-refractivity contribution is 0.474. The highest BCUT2D eigenvalue weighted by atomic mass is 16.5. The molecule has 3 heteroatoms. The Kier molecular flexibility index (Phi) is 5.61. The van der Waals surface area contributed by atoms with E-state index in [0.717, 1.165) is 58.0 Å². The minimum absolute atomic E-state index is 0.366. The van der Waals surface area contributed by atoms with Gasteiger partial charge in [-0.25, -0.2) is 4.98 Å². The molecule has 2 aliphatic rings. The first-order chi connectivity index (χ1) is 21.8. The summed E-state index contributed by atoms with van der Waals surface area (Å²) in [7, 11) is 0. The number of aromatic nitrogens is 2. The number of hydrogen-bond donors (Lipinski definition) is 0. The third-order valence-electron chi connectivity index (χ3n) is 9.28. The van der Waals surface area contributed by atoms with Gasteiger partial charge in [-0.2, -0.15) is 0 Å². The average molecular weight is 567 g/mol. The SMILES string of the molecule is CCc1nc2cccc3c2n1-c1c(cccc1-c1ccc(-c2c4ccccc4c(C4C=CC=CC4)c4ccccc24)cc1)O3. The van der Waals surface area contributed by atoms with E-state index in [1.54, 1.807) is 0 Å². The monoisotopic (exact) mass is 566 g/mol. The predicted octanol–water partition coefficient (Wildman–Crippen LogP) is 10.9. The molecule has 1 atom stereocenters. The van der Waals surface area contributed by atoms with Gasteiger partial charge in [0.25, 0.3) is 0 Å². The van der Waals surface area contributed by atoms with Gasteiger partial charge < -0.3 is 4.74 Å². The molecule has 6 aromatic carbocycles. The Balaban J connectivity index is 1.23. The minimum Gasteiger partial charge on any atom is -0.453 e. The van der Waals surface area contributed by atoms with Crippen molar-refractivity contribution in [3.63, 3.8) is 0 Å². The Morgan fingerprint density at radius 3 is 2.09 bits per heavy atom. The van der Waals surface area contributed by atoms with Crippen LogP contribution < -0.4 is 4.74 Å². The highest BCUT2D eigenvalue weighted by molar-refractivity contribution is 6.15. The summed E-state index contributed by atoms with van der Waals surface area (Å²) in [5.74, 6) is 3.13. The van der Waals surface area contributed by atoms with E-state index in [0.29, 0.717) is 5.92 Å². The molecule has 1 aromatic heterocycles. The van der Waals surface area contributed by atoms with E-state index < -0.39 is 0 Å². The first-order valence-electron chi connectivity index (χ1n) is 15.5. The van der Waals surface area contributed by atoms with Gasteiger partial charge >= 0.3 is 0 Å². The lowest BCUT2D eigenvalue weighted by atomic mass is 9.81. The van der Waals surface area contributed by atoms with Gasteiger partial charge in [0.05, 0.1) is 11.2 Å². The maximum atomic E-state index is 6.45. The van der Waals surface area contributed by atoms with Crippen molar-refractivity contribution in [1.82, 2.24) is 9.55 Å². The normalized spacial score (nSPS) is 15.2. The Morgan fingerprint density at radius 1 is 0.705 bits per heavy atom. The molecule has 3 nitrogen and oxygen atoms in total. The third-order valence-corrected chi connectivity index (χ3v) is 9.28. The second-order valence-electron chi connectivity index (χ2n) is 11.7. The number of ether oxygens (including phenoxy) is 1. The zero-order valence-corrected chi connectivity index (χ0v) is 24.5. The Morgan fingerprint density at radius 2 is 1.39 bits per heavy atom. The van der Waals surface area contributed by atoms with Gasteiger partial charge in [-0.1, -0.05) is 122 Å². The van der Waals surface area contributed by atoms with E-state index in [4.69, 9.17) is 9.72 Å². The maximum Gasteiger partial charge on any atom is 0.153 e. The summed E-state index contributed by atoms with van der Waals surface area (Å²) in [5, 5.41) is 5.26. The van der Waals surface area contributed by atoms with Gasteiger partial charge in [-0.05, 0) is 68.4 Å². The van der Waals surface area contributed by atoms with Gasteiger partial charge in [0.2, 0.25) is 0 Å². The van der Waals surface area contributed by atoms with Crippen LogP contribution in [0.4, 0.5) is 0 Å². The number of imidazole rings is 1. The molecule has 0 amide bonds. The fraction of sp³-hybridized carbons (Fsp3) is 0.0976. The fourth-order valence-electron chi connectivity index (χ4n) is 7.37. The predicted molar refractivity (Wildman–Crippen MR) is 182 cm³/mol. The number of rotatable bonds is 4. The molecule has 0 fully saturated rings. The molecule has 44 heavy (non-hydrogen) atoms. The fourth-order valence-corrected chi connectivity index (χ4v) is 7.37. The van der Waals surface area contributed by atoms with Crippen molar-refractivity contribution in [2.45, 2.75) is 25.7 Å². The van der Waals surface area contributed by atoms with Gasteiger partial charge in [0.1, 0.15) is 11.3 Å². The van der Waals surface area contributed by atoms with Crippen LogP contribution >= 0.6 is 0 Å². The van der Waals surface area contributed by atoms with Crippen LogP contribution in [0, 0.1) is 0 Å². The van der Waals surface area contributed by atoms with Crippen molar-refractivity contribution in [3.8, 4) is 39.4 Å². The lowest BCUT2D eigenvalue weighted by Crippen LogP contribution is -2.08. The summed E-state index contributed by atoms with van der Waals surface area (Å²) in [6.07, 6.45) is 10.8. The van der Waals surface area contributed by atoms with Crippen molar-refractivity contribution in [2.24, 2.45) is 0 Å². The number of para-hydroxylation sites is 2. The third kappa shape index (κ3) is 3.66. The number of benzene rings is 6. The summed E-state index contributed by atoms with van der Waals surface area (Å²) < 4.78 is 8.76. The van der Waals surface area contributed by atoms with Crippen LogP contribution in [0.3, 0.4) is 0 Å². The van der Waals surface area contributed by atoms with Crippen molar-refractivity contribution < 1.29 is 4.74 Å². The molecule has 0 saturated heterocycles. The zero-order valence-electron chi connectivity index (χ0n) is 24.5. The second-order valence-corrected chi connectivity index (χ2v) is 11.7. The molecule has 1 aliphatic heterocycles. The molecule has 210 valence electrons. The van der Waals surface area contributed by atoms with Crippen molar-refractivity contribution >= 4 is 32.6 Å². The standard InChI is InChI=1S/C41H30N2O/c1-2-37-42-34-19-11-21-36-41(34)43(37)40-29(18-10-20-35(40)44-36)26-22-24-28(25-23-26)39-32-16-8-6-14-30(32)38(27-12-4-3-5-13-27)31-15-7-9-17-33(31)39/h3-12,14-25,27H,2,13H2,1H3. The number of nitrogens with zero attached hydrogens (tertiary/aromatic N) is 2. The molecular formula is C41H30N2O. The molecule has 7 aromatic rings. The van der Waals surface area contributed by atoms with Crippen LogP contribution in [-0.2, 0) is 6.42 Å². The maximum absolute atomic E-state index is 6.45. The molecule has 2 heterocycles. The smallest absolute Gasteiger partial charge is 0.153 e. The summed E-state index contributed by atoms with van der Waals surface area (Å²) >= 11 is 0. The van der Waals surface area contributed by atoms with Crippen LogP contribution in [0.1, 0.15) is 30.7 Å². The van der Waals surface area contributed by atoms with E-state index >= 15 is 0 Å². The number of aryl methyl sites for hydroxylation is 1. The van der Waals surface area contributed by atoms with Crippen LogP contribution in [-0.4, -0.2) is 9.55 Å². The highest BCUT2D eigenvalue weighted by Crippen LogP contribution is 2.47. The topological polar surface area (TPSA) is 27.1 Å². The van der Waals surface area contributed by atoms with E-state index in [1.165, 1.54) is 38.2 Å². The van der Waals surface area contributed by atoms with Gasteiger partial charge in [0.15, 0.2) is 11.5 Å². The molecule has 1 unspecified atom stereocenters. The highest BCUT2D eigenvalue weighted by Gasteiger charge is 2.26. The number of allylic oxidation sites excluding steroid dienone is 4. The molecule has 9 rings (SSSR count). The van der Waals surface area contributed by atoms with Crippen molar-refractivity contribution in [2.75, 3.05) is 0 Å². The molecule has 1 aliphatic carbocycles. The first kappa shape index (κ1) is 25.1. The van der Waals surface area contributed by atoms with Crippen LogP contribution in [0.2, 0.25) is 0 Å². The molecular weight excluding hydrogens is 536 g/mol. The second kappa shape index (κ2) is 9.82. The lowest BCUT2D eigenvalue weighted by Gasteiger charge is -2.24. The quantitative estimate of drug-likeness (QED) is 0.198. The van der Waals surface area contributed by atoms with Gasteiger partial charge in [-0.3, -0.25) is 4.57 Å². The van der Waals surface area contributed by atoms with Gasteiger partial charge in [0, 0.05) is 17.9 Å². The van der Waals surface area contributed by atoms with Crippen LogP contribution in [0.25, 0.3) is 60.5 Å². The summed E-state index contributed by atoms with van der Waals surface area (Å²) in [5.41, 5.74) is 9.30. The summed E-state index contributed by atoms with van der Waals surface area (Å²) in [6, 6.07) is 39.4. The Hall–Kier alpha value is -5.41. The van der Waals surface area contributed by atoms with Crippen LogP contribution in [0.15, 0.2) is 133 Å². The molecule has 0 radical (unpaired) electrons. The van der Waals surface area contributed by atoms with E-state index in [9.17, 15) is 0 Å². The largest absolute Gasteiger partial charge is 0.453 e. The zero-order chi connectivity index (χ0) is 29.2. The Labute approximate surface area is 256 Å². The molecule has 0 spiro atoms. The number of fused-ring (bicyclic) bond motifs is 4. The van der Waals surface area contributed by atoms with E-state index in [2.05, 4.69) is 133 Å². The number of hydrogen-bond acceptors (Lipinski definition) is 2. The first-order valence-corrected chi connectivity index (χ1v) is 15.5. The molecule has 0 N–H and O–H groups in total. The molecule has 0 bridgehead atoms. The van der Waals surface area contributed by atoms with Crippen LogP contribution in [0.5, 0.6) is 11.5 Å². The molecule has 0 saturated carbocycles. The summed E-state index contributed by atoms with van der Waals surface area (Å²) in [4.78, 5) is 4.96. The summed E-state index contributed by atoms with van der Waals surface area (Å²) in [6.45, 7) is 2.16. The van der Waals surface area contributed by atoms with Crippen molar-refractivity contribution in [3.05, 3.63) is 145 Å². The Bertz CT molecular complexity index is 2260. The van der Waals surface area contributed by atoms with E-state index in [1.807, 2.05) is 12.1 Å². The average Bonchev–Trinajstić information content (AvgIpc) is 3.47. The van der Waals surface area contributed by atoms with Gasteiger partial charge in [-0.15, -0.1) is 0 Å².